The number of aromatic hydroxyl groups is 2. The van der Waals surface area contributed by atoms with Crippen molar-refractivity contribution in [2.45, 2.75) is 126 Å². The van der Waals surface area contributed by atoms with Crippen molar-refractivity contribution >= 4 is 14.2 Å². The number of fused-ring (bicyclic) bond motifs is 1. The number of benzene rings is 4. The second-order valence-corrected chi connectivity index (χ2v) is 32.6. The van der Waals surface area contributed by atoms with E-state index in [2.05, 4.69) is 92.8 Å². The van der Waals surface area contributed by atoms with Gasteiger partial charge in [-0.3, -0.25) is 0 Å². The molecular formula is C50H66O2S2Zr-2. The van der Waals surface area contributed by atoms with E-state index in [1.165, 1.54) is 60.8 Å². The van der Waals surface area contributed by atoms with E-state index >= 15 is 0 Å². The average Bonchev–Trinajstić information content (AvgIpc) is 3.42. The predicted molar refractivity (Wildman–Crippen MR) is 241 cm³/mol. The first-order valence-electron chi connectivity index (χ1n) is 19.9. The van der Waals surface area contributed by atoms with Crippen molar-refractivity contribution < 1.29 is 29.4 Å². The molecule has 0 aromatic heterocycles. The van der Waals surface area contributed by atoms with Gasteiger partial charge in [0.1, 0.15) is 0 Å². The standard InChI is InChI=1S/C36H52O2S2.2C7H7.Zr/c1-9-15-25-19-29(35(3,4)5)21-27(33(25)37)23-39-31-17-13-11-12-14-18-32(31)40-24-28-22-30(36(6,7)8)20-26(16-10-2)34(28)38;2*1-7-5-3-2-4-6-7;/h9-10,19-22,31-32,37-38H,1-2,11-18,23-24H2,3-8H3;2*2-6H,1H2;/q;2*-1;/t31-,32?;;;/m0.../s1. The zero-order valence-corrected chi connectivity index (χ0v) is 38.6. The van der Waals surface area contributed by atoms with Gasteiger partial charge in [0.25, 0.3) is 0 Å². The van der Waals surface area contributed by atoms with Crippen molar-refractivity contribution in [3.05, 3.63) is 169 Å². The smallest absolute Gasteiger partial charge is 0.0866 e. The second kappa shape index (κ2) is 21.2. The molecule has 4 aromatic rings. The van der Waals surface area contributed by atoms with Gasteiger partial charge in [-0.25, -0.2) is 0 Å². The topological polar surface area (TPSA) is 40.5 Å². The molecule has 55 heavy (non-hydrogen) atoms. The third-order valence-corrected chi connectivity index (χ3v) is 32.2. The molecule has 2 unspecified atom stereocenters. The molecule has 296 valence electrons. The van der Waals surface area contributed by atoms with Crippen LogP contribution in [0.25, 0.3) is 0 Å². The summed E-state index contributed by atoms with van der Waals surface area (Å²) in [6.45, 7) is 29.0. The van der Waals surface area contributed by atoms with Crippen LogP contribution in [0.15, 0.2) is 110 Å². The summed E-state index contributed by atoms with van der Waals surface area (Å²) < 4.78 is 0. The van der Waals surface area contributed by atoms with E-state index in [1.54, 1.807) is 0 Å². The second-order valence-electron chi connectivity index (χ2n) is 17.0. The summed E-state index contributed by atoms with van der Waals surface area (Å²) in [4.78, 5) is 0. The molecule has 0 radical (unpaired) electrons. The van der Waals surface area contributed by atoms with Gasteiger partial charge in [-0.15, -0.1) is 24.3 Å². The van der Waals surface area contributed by atoms with Crippen LogP contribution >= 0.6 is 14.2 Å². The van der Waals surface area contributed by atoms with E-state index in [4.69, 9.17) is 0 Å². The van der Waals surface area contributed by atoms with Gasteiger partial charge in [0.15, 0.2) is 0 Å². The molecule has 1 saturated carbocycles. The van der Waals surface area contributed by atoms with Gasteiger partial charge in [0.2, 0.25) is 0 Å². The number of hydrogen-bond acceptors (Lipinski definition) is 2. The van der Waals surface area contributed by atoms with Gasteiger partial charge in [0.05, 0.1) is 0 Å². The largest absolute Gasteiger partial charge is 0.199 e. The van der Waals surface area contributed by atoms with Crippen molar-refractivity contribution in [1.29, 1.82) is 0 Å². The van der Waals surface area contributed by atoms with Crippen LogP contribution in [0, 0.1) is 13.8 Å². The predicted octanol–water partition coefficient (Wildman–Crippen LogP) is 14.1. The quantitative estimate of drug-likeness (QED) is 0.137. The van der Waals surface area contributed by atoms with Gasteiger partial charge < -0.3 is 0 Å². The minimum atomic E-state index is -0.768. The fourth-order valence-electron chi connectivity index (χ4n) is 7.12. The fraction of sp³-hybridized carbons (Fsp3) is 0.400. The zero-order valence-electron chi connectivity index (χ0n) is 34.5. The molecule has 0 bridgehead atoms. The molecule has 0 saturated heterocycles. The van der Waals surface area contributed by atoms with Gasteiger partial charge in [0, 0.05) is 0 Å². The summed E-state index contributed by atoms with van der Waals surface area (Å²) in [6.07, 6.45) is 13.4. The molecule has 1 heterocycles. The Bertz CT molecular complexity index is 1800. The Balaban J connectivity index is 0.000000398. The Morgan fingerprint density at radius 1 is 0.600 bits per heavy atom. The molecule has 0 spiro atoms. The molecular weight excluding hydrogens is 788 g/mol. The first-order valence-corrected chi connectivity index (χ1v) is 28.9. The number of phenolic OH excluding ortho intramolecular Hbond substituents is 2. The Morgan fingerprint density at radius 2 is 0.945 bits per heavy atom. The van der Waals surface area contributed by atoms with E-state index in [9.17, 15) is 10.2 Å². The van der Waals surface area contributed by atoms with Gasteiger partial charge in [-0.1, -0.05) is 12.1 Å². The van der Waals surface area contributed by atoms with E-state index in [0.717, 1.165) is 44.3 Å². The fourth-order valence-corrected chi connectivity index (χ4v) is 36.0. The number of phenols is 2. The van der Waals surface area contributed by atoms with Crippen LogP contribution in [0.3, 0.4) is 0 Å². The van der Waals surface area contributed by atoms with Crippen LogP contribution in [-0.2, 0) is 54.3 Å². The van der Waals surface area contributed by atoms with Crippen LogP contribution in [0.2, 0.25) is 0 Å². The van der Waals surface area contributed by atoms with Crippen molar-refractivity contribution in [2.75, 3.05) is 0 Å². The minimum absolute atomic E-state index is 0.0446. The molecule has 0 amide bonds. The number of rotatable bonds is 8. The molecule has 1 aliphatic heterocycles. The molecule has 4 aromatic carbocycles. The first kappa shape index (κ1) is 45.0. The number of allylic oxidation sites excluding steroid dienone is 2. The number of hydrogen-bond donors (Lipinski definition) is 2. The Morgan fingerprint density at radius 3 is 1.24 bits per heavy atom. The minimum Gasteiger partial charge on any atom is -0.199 e. The molecule has 2 N–H and O–H groups in total. The first-order chi connectivity index (χ1) is 26.1. The summed E-state index contributed by atoms with van der Waals surface area (Å²) >= 11 is -0.768. The summed E-state index contributed by atoms with van der Waals surface area (Å²) in [7, 11) is 0.772. The Labute approximate surface area is 346 Å². The van der Waals surface area contributed by atoms with E-state index in [-0.39, 0.29) is 10.8 Å². The summed E-state index contributed by atoms with van der Waals surface area (Å²) in [5.74, 6) is 3.13. The van der Waals surface area contributed by atoms with Crippen molar-refractivity contribution in [3.8, 4) is 11.5 Å². The summed E-state index contributed by atoms with van der Waals surface area (Å²) in [6, 6.07) is 28.8. The van der Waals surface area contributed by atoms with Crippen molar-refractivity contribution in [1.82, 2.24) is 0 Å². The van der Waals surface area contributed by atoms with Gasteiger partial charge in [-0.2, -0.15) is 49.2 Å². The van der Waals surface area contributed by atoms with Crippen molar-refractivity contribution in [2.24, 2.45) is 0 Å². The van der Waals surface area contributed by atoms with E-state index in [1.807, 2.05) is 72.8 Å². The normalized spacial score (nSPS) is 19.4. The maximum Gasteiger partial charge on any atom is -0.0866 e. The zero-order chi connectivity index (χ0) is 40.2. The van der Waals surface area contributed by atoms with Crippen LogP contribution in [0.1, 0.15) is 125 Å². The van der Waals surface area contributed by atoms with E-state index < -0.39 is 19.2 Å². The van der Waals surface area contributed by atoms with Crippen LogP contribution in [-0.4, -0.2) is 20.7 Å². The van der Waals surface area contributed by atoms with Crippen LogP contribution < -0.4 is 0 Å². The van der Waals surface area contributed by atoms with E-state index in [0.29, 0.717) is 38.6 Å². The van der Waals surface area contributed by atoms with Crippen molar-refractivity contribution in [3.63, 3.8) is 0 Å². The molecule has 1 fully saturated rings. The summed E-state index contributed by atoms with van der Waals surface area (Å²) in [5.41, 5.74) is 9.29. The molecule has 2 aliphatic rings. The maximum atomic E-state index is 11.4. The SMILES string of the molecule is C=CCc1cc(C(C)(C)C)cc(C[S]2=[Zr]=[S@@](Cc3cc(C(C)(C)C)cc(CC=C)c3O)C3CCCCCC[C@@H]32)c1O.[CH2-]c1ccccc1.[CH2-]c1ccccc1. The molecule has 5 heteroatoms. The Hall–Kier alpha value is -2.72. The van der Waals surface area contributed by atoms with Gasteiger partial charge >= 0.3 is 264 Å². The molecule has 4 atom stereocenters. The Kier molecular flexibility index (Phi) is 17.3. The molecule has 2 nitrogen and oxygen atoms in total. The van der Waals surface area contributed by atoms with Gasteiger partial charge in [-0.05, 0) is 0 Å². The molecule has 1 aliphatic carbocycles. The third-order valence-electron chi connectivity index (χ3n) is 10.4. The van der Waals surface area contributed by atoms with Crippen LogP contribution in [0.4, 0.5) is 0 Å². The molecule has 6 rings (SSSR count). The third kappa shape index (κ3) is 13.4. The average molecular weight is 854 g/mol. The van der Waals surface area contributed by atoms with Crippen LogP contribution in [0.5, 0.6) is 11.5 Å². The maximum absolute atomic E-state index is 11.4. The monoisotopic (exact) mass is 852 g/mol. The summed E-state index contributed by atoms with van der Waals surface area (Å²) in [5, 5.41) is 24.5.